The highest BCUT2D eigenvalue weighted by molar-refractivity contribution is 5.97. The molecule has 5 rings (SSSR count). The molecule has 4 aromatic rings. The maximum atomic E-state index is 13.2. The minimum atomic E-state index is -2.57. The lowest BCUT2D eigenvalue weighted by Crippen LogP contribution is -2.47. The first kappa shape index (κ1) is 23.6. The highest BCUT2D eigenvalue weighted by atomic mass is 19.3. The van der Waals surface area contributed by atoms with Crippen LogP contribution in [-0.4, -0.2) is 70.5 Å². The lowest BCUT2D eigenvalue weighted by Gasteiger charge is -2.26. The van der Waals surface area contributed by atoms with E-state index in [1.165, 1.54) is 18.1 Å². The average molecular weight is 495 g/mol. The Labute approximate surface area is 205 Å². The SMILES string of the molecule is COc1cc2ncnc(-c3cn(CC(F)F)nc3-c3ccccc3)c2cc1OC(=O)N1CCNCC1. The number of methoxy groups -OCH3 is 1. The third-order valence-corrected chi connectivity index (χ3v) is 5.88. The van der Waals surface area contributed by atoms with Crippen molar-refractivity contribution >= 4 is 17.0 Å². The summed E-state index contributed by atoms with van der Waals surface area (Å²) in [6, 6.07) is 12.6. The van der Waals surface area contributed by atoms with Gasteiger partial charge in [-0.3, -0.25) is 4.68 Å². The van der Waals surface area contributed by atoms with Gasteiger partial charge in [0.2, 0.25) is 0 Å². The van der Waals surface area contributed by atoms with Crippen LogP contribution in [0.25, 0.3) is 33.4 Å². The second-order valence-electron chi connectivity index (χ2n) is 8.22. The van der Waals surface area contributed by atoms with Crippen molar-refractivity contribution in [3.8, 4) is 34.0 Å². The zero-order chi connectivity index (χ0) is 25.1. The summed E-state index contributed by atoms with van der Waals surface area (Å²) in [7, 11) is 1.48. The Morgan fingerprint density at radius 2 is 1.86 bits per heavy atom. The summed E-state index contributed by atoms with van der Waals surface area (Å²) in [5.74, 6) is 0.554. The summed E-state index contributed by atoms with van der Waals surface area (Å²) in [5.41, 5.74) is 2.83. The fourth-order valence-electron chi connectivity index (χ4n) is 4.16. The van der Waals surface area contributed by atoms with Crippen LogP contribution in [0.15, 0.2) is 55.0 Å². The predicted octanol–water partition coefficient (Wildman–Crippen LogP) is 3.84. The lowest BCUT2D eigenvalue weighted by atomic mass is 10.0. The van der Waals surface area contributed by atoms with Crippen LogP contribution in [0.5, 0.6) is 11.5 Å². The number of fused-ring (bicyclic) bond motifs is 1. The van der Waals surface area contributed by atoms with Crippen LogP contribution >= 0.6 is 0 Å². The number of piperazine rings is 1. The maximum absolute atomic E-state index is 13.2. The molecule has 2 aromatic heterocycles. The summed E-state index contributed by atoms with van der Waals surface area (Å²) in [6.45, 7) is 1.89. The van der Waals surface area contributed by atoms with Gasteiger partial charge in [0.1, 0.15) is 18.6 Å². The second-order valence-corrected chi connectivity index (χ2v) is 8.22. The molecule has 36 heavy (non-hydrogen) atoms. The van der Waals surface area contributed by atoms with Gasteiger partial charge in [-0.25, -0.2) is 23.5 Å². The van der Waals surface area contributed by atoms with E-state index in [-0.39, 0.29) is 5.75 Å². The summed E-state index contributed by atoms with van der Waals surface area (Å²) in [5, 5.41) is 8.18. The van der Waals surface area contributed by atoms with E-state index < -0.39 is 19.1 Å². The third kappa shape index (κ3) is 4.82. The van der Waals surface area contributed by atoms with Crippen molar-refractivity contribution in [3.05, 3.63) is 55.0 Å². The van der Waals surface area contributed by atoms with Gasteiger partial charge in [-0.05, 0) is 6.07 Å². The van der Waals surface area contributed by atoms with E-state index in [0.717, 1.165) is 5.56 Å². The zero-order valence-corrected chi connectivity index (χ0v) is 19.5. The van der Waals surface area contributed by atoms with E-state index in [9.17, 15) is 13.6 Å². The van der Waals surface area contributed by atoms with Gasteiger partial charge < -0.3 is 19.7 Å². The molecule has 1 aliphatic heterocycles. The molecule has 3 heterocycles. The van der Waals surface area contributed by atoms with Gasteiger partial charge in [-0.1, -0.05) is 30.3 Å². The minimum Gasteiger partial charge on any atom is -0.493 e. The number of halogens is 2. The first-order chi connectivity index (χ1) is 17.5. The highest BCUT2D eigenvalue weighted by Gasteiger charge is 2.23. The molecule has 2 aromatic carbocycles. The number of carbonyl (C=O) groups excluding carboxylic acids is 1. The van der Waals surface area contributed by atoms with E-state index >= 15 is 0 Å². The first-order valence-electron chi connectivity index (χ1n) is 11.4. The Kier molecular flexibility index (Phi) is 6.72. The molecule has 0 saturated carbocycles. The van der Waals surface area contributed by atoms with Crippen molar-refractivity contribution in [2.45, 2.75) is 13.0 Å². The van der Waals surface area contributed by atoms with Gasteiger partial charge in [0.05, 0.1) is 18.3 Å². The number of carbonyl (C=O) groups is 1. The molecular weight excluding hydrogens is 470 g/mol. The number of ether oxygens (including phenoxy) is 2. The number of hydrogen-bond donors (Lipinski definition) is 1. The number of amides is 1. The smallest absolute Gasteiger partial charge is 0.415 e. The van der Waals surface area contributed by atoms with Gasteiger partial charge in [0.15, 0.2) is 11.5 Å². The standard InChI is InChI=1S/C25H24F2N6O3/c1-35-20-12-19-17(11-21(20)36-25(34)32-9-7-28-8-10-32)24(30-15-29-19)18-13-33(14-22(26)27)31-23(18)16-5-3-2-4-6-16/h2-6,11-13,15,22,28H,7-10,14H2,1H3. The Hall–Kier alpha value is -4.12. The fraction of sp³-hybridized carbons (Fsp3) is 0.280. The Morgan fingerprint density at radius 3 is 2.58 bits per heavy atom. The Balaban J connectivity index is 1.61. The van der Waals surface area contributed by atoms with E-state index in [1.807, 2.05) is 30.3 Å². The number of rotatable bonds is 6. The van der Waals surface area contributed by atoms with Gasteiger partial charge in [-0.15, -0.1) is 0 Å². The molecule has 0 atom stereocenters. The Bertz CT molecular complexity index is 1370. The van der Waals surface area contributed by atoms with Crippen LogP contribution in [0.2, 0.25) is 0 Å². The molecule has 0 spiro atoms. The van der Waals surface area contributed by atoms with Crippen molar-refractivity contribution in [2.24, 2.45) is 0 Å². The van der Waals surface area contributed by atoms with Crippen LogP contribution in [0.1, 0.15) is 0 Å². The normalized spacial score (nSPS) is 13.8. The number of hydrogen-bond acceptors (Lipinski definition) is 7. The number of alkyl halides is 2. The molecule has 0 unspecified atom stereocenters. The maximum Gasteiger partial charge on any atom is 0.415 e. The first-order valence-corrected chi connectivity index (χ1v) is 11.4. The molecule has 0 aliphatic carbocycles. The average Bonchev–Trinajstić information content (AvgIpc) is 3.31. The molecule has 0 radical (unpaired) electrons. The van der Waals surface area contributed by atoms with Gasteiger partial charge >= 0.3 is 6.09 Å². The van der Waals surface area contributed by atoms with Crippen molar-refractivity contribution in [2.75, 3.05) is 33.3 Å². The molecule has 1 aliphatic rings. The van der Waals surface area contributed by atoms with E-state index in [0.29, 0.717) is 59.8 Å². The van der Waals surface area contributed by atoms with Gasteiger partial charge in [0.25, 0.3) is 6.43 Å². The summed E-state index contributed by atoms with van der Waals surface area (Å²) >= 11 is 0. The van der Waals surface area contributed by atoms with Crippen molar-refractivity contribution < 1.29 is 23.0 Å². The summed E-state index contributed by atoms with van der Waals surface area (Å²) < 4.78 is 38.7. The molecule has 1 amide bonds. The highest BCUT2D eigenvalue weighted by Crippen LogP contribution is 2.38. The van der Waals surface area contributed by atoms with E-state index in [4.69, 9.17) is 9.47 Å². The van der Waals surface area contributed by atoms with Crippen molar-refractivity contribution in [1.82, 2.24) is 30.0 Å². The molecule has 1 saturated heterocycles. The monoisotopic (exact) mass is 494 g/mol. The second kappa shape index (κ2) is 10.2. The van der Waals surface area contributed by atoms with Crippen LogP contribution in [0.3, 0.4) is 0 Å². The van der Waals surface area contributed by atoms with Crippen molar-refractivity contribution in [3.63, 3.8) is 0 Å². The van der Waals surface area contributed by atoms with Crippen LogP contribution in [-0.2, 0) is 6.54 Å². The fourth-order valence-corrected chi connectivity index (χ4v) is 4.16. The summed E-state index contributed by atoms with van der Waals surface area (Å²) in [4.78, 5) is 23.2. The lowest BCUT2D eigenvalue weighted by molar-refractivity contribution is 0.122. The van der Waals surface area contributed by atoms with Crippen molar-refractivity contribution in [1.29, 1.82) is 0 Å². The largest absolute Gasteiger partial charge is 0.493 e. The molecule has 11 heteroatoms. The third-order valence-electron chi connectivity index (χ3n) is 5.88. The molecule has 1 N–H and O–H groups in total. The molecule has 0 bridgehead atoms. The minimum absolute atomic E-state index is 0.214. The van der Waals surface area contributed by atoms with E-state index in [2.05, 4.69) is 20.4 Å². The quantitative estimate of drug-likeness (QED) is 0.435. The summed E-state index contributed by atoms with van der Waals surface area (Å²) in [6.07, 6.45) is -0.110. The molecule has 9 nitrogen and oxygen atoms in total. The van der Waals surface area contributed by atoms with Gasteiger partial charge in [0, 0.05) is 55.0 Å². The number of nitrogens with zero attached hydrogens (tertiary/aromatic N) is 5. The topological polar surface area (TPSA) is 94.4 Å². The molecular formula is C25H24F2N6O3. The molecule has 1 fully saturated rings. The van der Waals surface area contributed by atoms with Crippen LogP contribution in [0, 0.1) is 0 Å². The predicted molar refractivity (Wildman–Crippen MR) is 129 cm³/mol. The van der Waals surface area contributed by atoms with Crippen LogP contribution in [0.4, 0.5) is 13.6 Å². The Morgan fingerprint density at radius 1 is 1.08 bits per heavy atom. The number of aromatic nitrogens is 4. The number of benzene rings is 2. The number of nitrogens with one attached hydrogen (secondary N) is 1. The van der Waals surface area contributed by atoms with Gasteiger partial charge in [-0.2, -0.15) is 5.10 Å². The molecule has 186 valence electrons. The van der Waals surface area contributed by atoms with E-state index in [1.54, 1.807) is 23.2 Å². The zero-order valence-electron chi connectivity index (χ0n) is 19.5. The van der Waals surface area contributed by atoms with Crippen LogP contribution < -0.4 is 14.8 Å².